The highest BCUT2D eigenvalue weighted by molar-refractivity contribution is 7.98. The number of thiophene rings is 1. The Balaban J connectivity index is 1.69. The number of aromatic nitrogens is 4. The number of rotatable bonds is 4. The summed E-state index contributed by atoms with van der Waals surface area (Å²) in [6.45, 7) is 0. The van der Waals surface area contributed by atoms with Crippen molar-refractivity contribution in [3.63, 3.8) is 0 Å². The Morgan fingerprint density at radius 1 is 1.50 bits per heavy atom. The van der Waals surface area contributed by atoms with Crippen LogP contribution in [0.4, 0.5) is 0 Å². The van der Waals surface area contributed by atoms with Crippen LogP contribution in [0.1, 0.15) is 5.82 Å². The largest absolute Gasteiger partial charge is 0.333 e. The van der Waals surface area contributed by atoms with Gasteiger partial charge in [0.15, 0.2) is 11.0 Å². The lowest BCUT2D eigenvalue weighted by Crippen LogP contribution is -1.90. The molecule has 3 heterocycles. The van der Waals surface area contributed by atoms with Crippen LogP contribution in [0.25, 0.3) is 10.8 Å². The van der Waals surface area contributed by atoms with Gasteiger partial charge in [0.1, 0.15) is 0 Å². The number of imidazole rings is 1. The van der Waals surface area contributed by atoms with E-state index in [1.807, 2.05) is 35.3 Å². The predicted octanol–water partition coefficient (Wildman–Crippen LogP) is 2.82. The predicted molar refractivity (Wildman–Crippen MR) is 70.4 cm³/mol. The van der Waals surface area contributed by atoms with E-state index in [2.05, 4.69) is 15.1 Å². The molecule has 0 amide bonds. The number of hydrogen-bond donors (Lipinski definition) is 0. The standard InChI is InChI=1S/C11H10N4OS2/c1-15-5-4-12-11(15)18-7-9-13-10(16-14-9)8-3-2-6-17-8/h2-6H,7H2,1H3. The summed E-state index contributed by atoms with van der Waals surface area (Å²) in [4.78, 5) is 9.58. The van der Waals surface area contributed by atoms with Crippen molar-refractivity contribution < 1.29 is 4.52 Å². The molecule has 0 aliphatic heterocycles. The van der Waals surface area contributed by atoms with Gasteiger partial charge in [0, 0.05) is 19.4 Å². The van der Waals surface area contributed by atoms with Crippen molar-refractivity contribution in [3.05, 3.63) is 35.7 Å². The molecule has 0 aliphatic carbocycles. The summed E-state index contributed by atoms with van der Waals surface area (Å²) in [6, 6.07) is 3.93. The lowest BCUT2D eigenvalue weighted by molar-refractivity contribution is 0.426. The fraction of sp³-hybridized carbons (Fsp3) is 0.182. The molecule has 0 aromatic carbocycles. The quantitative estimate of drug-likeness (QED) is 0.687. The van der Waals surface area contributed by atoms with Crippen molar-refractivity contribution in [3.8, 4) is 10.8 Å². The third kappa shape index (κ3) is 2.32. The fourth-order valence-electron chi connectivity index (χ4n) is 1.43. The van der Waals surface area contributed by atoms with E-state index >= 15 is 0 Å². The van der Waals surface area contributed by atoms with Crippen molar-refractivity contribution in [2.75, 3.05) is 0 Å². The second kappa shape index (κ2) is 4.95. The number of aryl methyl sites for hydroxylation is 1. The number of thioether (sulfide) groups is 1. The molecular weight excluding hydrogens is 268 g/mol. The molecule has 0 aliphatic rings. The van der Waals surface area contributed by atoms with Crippen molar-refractivity contribution in [1.29, 1.82) is 0 Å². The van der Waals surface area contributed by atoms with Gasteiger partial charge in [0.05, 0.1) is 10.6 Å². The third-order valence-corrected chi connectivity index (χ3v) is 4.22. The molecule has 0 radical (unpaired) electrons. The molecule has 5 nitrogen and oxygen atoms in total. The van der Waals surface area contributed by atoms with Crippen LogP contribution < -0.4 is 0 Å². The average Bonchev–Trinajstić information content (AvgIpc) is 3.08. The zero-order valence-electron chi connectivity index (χ0n) is 9.61. The highest BCUT2D eigenvalue weighted by Gasteiger charge is 2.10. The average molecular weight is 278 g/mol. The third-order valence-electron chi connectivity index (χ3n) is 2.31. The molecule has 3 aromatic heterocycles. The van der Waals surface area contributed by atoms with Crippen LogP contribution in [0, 0.1) is 0 Å². The molecule has 7 heteroatoms. The van der Waals surface area contributed by atoms with Crippen LogP contribution in [0.5, 0.6) is 0 Å². The second-order valence-corrected chi connectivity index (χ2v) is 5.49. The van der Waals surface area contributed by atoms with E-state index in [1.54, 1.807) is 29.3 Å². The van der Waals surface area contributed by atoms with Gasteiger partial charge in [0.2, 0.25) is 0 Å². The van der Waals surface area contributed by atoms with Gasteiger partial charge in [-0.05, 0) is 11.4 Å². The Morgan fingerprint density at radius 3 is 3.17 bits per heavy atom. The van der Waals surface area contributed by atoms with E-state index in [-0.39, 0.29) is 0 Å². The molecule has 18 heavy (non-hydrogen) atoms. The molecule has 0 fully saturated rings. The molecule has 0 saturated heterocycles. The zero-order chi connectivity index (χ0) is 12.4. The normalized spacial score (nSPS) is 10.9. The molecule has 0 spiro atoms. The van der Waals surface area contributed by atoms with Crippen LogP contribution in [-0.2, 0) is 12.8 Å². The minimum absolute atomic E-state index is 0.584. The Kier molecular flexibility index (Phi) is 3.16. The first kappa shape index (κ1) is 11.5. The first-order valence-corrected chi connectivity index (χ1v) is 7.16. The van der Waals surface area contributed by atoms with E-state index in [9.17, 15) is 0 Å². The lowest BCUT2D eigenvalue weighted by Gasteiger charge is -1.97. The van der Waals surface area contributed by atoms with Crippen molar-refractivity contribution in [2.24, 2.45) is 7.05 Å². The van der Waals surface area contributed by atoms with Crippen LogP contribution in [0.3, 0.4) is 0 Å². The molecule has 92 valence electrons. The van der Waals surface area contributed by atoms with E-state index in [1.165, 1.54) is 0 Å². The molecule has 0 N–H and O–H groups in total. The maximum Gasteiger partial charge on any atom is 0.268 e. The van der Waals surface area contributed by atoms with Gasteiger partial charge in [-0.3, -0.25) is 0 Å². The minimum Gasteiger partial charge on any atom is -0.333 e. The maximum atomic E-state index is 5.22. The molecule has 0 unspecified atom stereocenters. The van der Waals surface area contributed by atoms with Gasteiger partial charge in [-0.1, -0.05) is 23.0 Å². The SMILES string of the molecule is Cn1ccnc1SCc1noc(-c2cccs2)n1. The maximum absolute atomic E-state index is 5.22. The molecule has 0 saturated carbocycles. The molecule has 3 rings (SSSR count). The zero-order valence-corrected chi connectivity index (χ0v) is 11.2. The summed E-state index contributed by atoms with van der Waals surface area (Å²) >= 11 is 3.18. The van der Waals surface area contributed by atoms with Gasteiger partial charge in [-0.25, -0.2) is 4.98 Å². The van der Waals surface area contributed by atoms with E-state index in [0.29, 0.717) is 17.5 Å². The summed E-state index contributed by atoms with van der Waals surface area (Å²) < 4.78 is 7.18. The van der Waals surface area contributed by atoms with Crippen molar-refractivity contribution in [2.45, 2.75) is 10.9 Å². The molecule has 0 bridgehead atoms. The van der Waals surface area contributed by atoms with Crippen molar-refractivity contribution in [1.82, 2.24) is 19.7 Å². The van der Waals surface area contributed by atoms with Crippen LogP contribution in [0.2, 0.25) is 0 Å². The Hall–Kier alpha value is -1.60. The van der Waals surface area contributed by atoms with Crippen LogP contribution in [-0.4, -0.2) is 19.7 Å². The monoisotopic (exact) mass is 278 g/mol. The molecule has 3 aromatic rings. The van der Waals surface area contributed by atoms with Gasteiger partial charge >= 0.3 is 0 Å². The van der Waals surface area contributed by atoms with E-state index < -0.39 is 0 Å². The van der Waals surface area contributed by atoms with Crippen LogP contribution in [0.15, 0.2) is 39.6 Å². The minimum atomic E-state index is 0.584. The second-order valence-electron chi connectivity index (χ2n) is 3.60. The highest BCUT2D eigenvalue weighted by Crippen LogP contribution is 2.24. The summed E-state index contributed by atoms with van der Waals surface area (Å²) in [5.41, 5.74) is 0. The summed E-state index contributed by atoms with van der Waals surface area (Å²) in [5, 5.41) is 6.89. The fourth-order valence-corrected chi connectivity index (χ4v) is 2.85. The Bertz CT molecular complexity index is 629. The lowest BCUT2D eigenvalue weighted by atomic mass is 10.5. The first-order chi connectivity index (χ1) is 8.83. The van der Waals surface area contributed by atoms with Crippen molar-refractivity contribution >= 4 is 23.1 Å². The van der Waals surface area contributed by atoms with Gasteiger partial charge in [-0.2, -0.15) is 4.98 Å². The smallest absolute Gasteiger partial charge is 0.268 e. The summed E-state index contributed by atoms with van der Waals surface area (Å²) in [5.74, 6) is 1.92. The summed E-state index contributed by atoms with van der Waals surface area (Å²) in [6.07, 6.45) is 3.69. The first-order valence-electron chi connectivity index (χ1n) is 5.29. The Labute approximate surface area is 112 Å². The van der Waals surface area contributed by atoms with Gasteiger partial charge in [-0.15, -0.1) is 11.3 Å². The Morgan fingerprint density at radius 2 is 2.44 bits per heavy atom. The van der Waals surface area contributed by atoms with E-state index in [0.717, 1.165) is 10.0 Å². The van der Waals surface area contributed by atoms with Crippen LogP contribution >= 0.6 is 23.1 Å². The number of nitrogens with zero attached hydrogens (tertiary/aromatic N) is 4. The number of hydrogen-bond acceptors (Lipinski definition) is 6. The topological polar surface area (TPSA) is 56.7 Å². The van der Waals surface area contributed by atoms with Gasteiger partial charge < -0.3 is 9.09 Å². The molecule has 0 atom stereocenters. The van der Waals surface area contributed by atoms with E-state index in [4.69, 9.17) is 4.52 Å². The highest BCUT2D eigenvalue weighted by atomic mass is 32.2. The summed E-state index contributed by atoms with van der Waals surface area (Å²) in [7, 11) is 1.96. The van der Waals surface area contributed by atoms with Gasteiger partial charge in [0.25, 0.3) is 5.89 Å². The molecular formula is C11H10N4OS2.